The molecule has 2 atom stereocenters. The topological polar surface area (TPSA) is 63.7 Å². The van der Waals surface area contributed by atoms with Gasteiger partial charge in [0.05, 0.1) is 18.4 Å². The average molecular weight is 351 g/mol. The summed E-state index contributed by atoms with van der Waals surface area (Å²) < 4.78 is 32.7. The highest BCUT2D eigenvalue weighted by Gasteiger charge is 2.39. The Labute approximate surface area is 144 Å². The van der Waals surface area contributed by atoms with Gasteiger partial charge in [-0.05, 0) is 45.2 Å². The Bertz CT molecular complexity index is 694. The molecule has 1 saturated heterocycles. The Morgan fingerprint density at radius 1 is 1.29 bits per heavy atom. The van der Waals surface area contributed by atoms with Crippen LogP contribution in [0.5, 0.6) is 0 Å². The molecule has 0 saturated carbocycles. The van der Waals surface area contributed by atoms with E-state index in [0.29, 0.717) is 6.42 Å². The largest absolute Gasteiger partial charge is 0.469 e. The van der Waals surface area contributed by atoms with Crippen molar-refractivity contribution in [3.05, 3.63) is 42.0 Å². The smallest absolute Gasteiger partial charge is 0.307 e. The predicted molar refractivity (Wildman–Crippen MR) is 93.1 cm³/mol. The number of hydrogen-bond donors (Lipinski definition) is 0. The van der Waals surface area contributed by atoms with Crippen molar-refractivity contribution in [2.75, 3.05) is 7.11 Å². The molecular formula is C18H25NO4S. The molecule has 2 rings (SSSR count). The lowest BCUT2D eigenvalue weighted by molar-refractivity contribution is -0.141. The molecule has 1 aromatic rings. The maximum Gasteiger partial charge on any atom is 0.307 e. The summed E-state index contributed by atoms with van der Waals surface area (Å²) in [7, 11) is -2.35. The number of benzene rings is 1. The SMILES string of the molecule is C/C=C/[C@@H]1CCC[C@H](CC(=O)OC)N1S(=O)(=O)c1ccc(C)cc1. The minimum absolute atomic E-state index is 0.0790. The van der Waals surface area contributed by atoms with Crippen LogP contribution in [0.4, 0.5) is 0 Å². The number of esters is 1. The van der Waals surface area contributed by atoms with Crippen molar-refractivity contribution in [3.63, 3.8) is 0 Å². The minimum Gasteiger partial charge on any atom is -0.469 e. The standard InChI is InChI=1S/C18H25NO4S/c1-4-6-15-7-5-8-16(13-18(20)23-3)19(15)24(21,22)17-11-9-14(2)10-12-17/h4,6,9-12,15-16H,5,7-8,13H2,1-3H3/b6-4+/t15-,16-/m1/s1. The van der Waals surface area contributed by atoms with E-state index in [4.69, 9.17) is 4.74 Å². The lowest BCUT2D eigenvalue weighted by Gasteiger charge is -2.39. The number of allylic oxidation sites excluding steroid dienone is 1. The molecule has 0 N–H and O–H groups in total. The zero-order valence-corrected chi connectivity index (χ0v) is 15.3. The first-order valence-corrected chi connectivity index (χ1v) is 9.64. The fourth-order valence-corrected chi connectivity index (χ4v) is 4.99. The summed E-state index contributed by atoms with van der Waals surface area (Å²) in [6.07, 6.45) is 6.14. The van der Waals surface area contributed by atoms with Gasteiger partial charge in [-0.25, -0.2) is 8.42 Å². The van der Waals surface area contributed by atoms with E-state index in [1.807, 2.05) is 26.0 Å². The summed E-state index contributed by atoms with van der Waals surface area (Å²) in [6, 6.07) is 6.22. The number of carbonyl (C=O) groups excluding carboxylic acids is 1. The van der Waals surface area contributed by atoms with E-state index in [2.05, 4.69) is 0 Å². The van der Waals surface area contributed by atoms with Crippen LogP contribution in [0.15, 0.2) is 41.3 Å². The molecule has 0 radical (unpaired) electrons. The molecular weight excluding hydrogens is 326 g/mol. The van der Waals surface area contributed by atoms with Crippen molar-refractivity contribution in [1.29, 1.82) is 0 Å². The first-order chi connectivity index (χ1) is 11.4. The van der Waals surface area contributed by atoms with Gasteiger partial charge < -0.3 is 4.74 Å². The molecule has 0 aromatic heterocycles. The molecule has 132 valence electrons. The monoisotopic (exact) mass is 351 g/mol. The number of nitrogens with zero attached hydrogens (tertiary/aromatic N) is 1. The summed E-state index contributed by atoms with van der Waals surface area (Å²) in [4.78, 5) is 12.0. The number of rotatable bonds is 5. The Morgan fingerprint density at radius 2 is 1.96 bits per heavy atom. The van der Waals surface area contributed by atoms with Gasteiger partial charge in [-0.3, -0.25) is 4.79 Å². The van der Waals surface area contributed by atoms with Crippen LogP contribution in [0.1, 0.15) is 38.2 Å². The average Bonchev–Trinajstić information content (AvgIpc) is 2.55. The molecule has 1 aliphatic heterocycles. The third-order valence-corrected chi connectivity index (χ3v) is 6.36. The molecule has 1 aromatic carbocycles. The van der Waals surface area contributed by atoms with Crippen LogP contribution in [0, 0.1) is 6.92 Å². The van der Waals surface area contributed by atoms with Gasteiger partial charge in [-0.1, -0.05) is 29.8 Å². The van der Waals surface area contributed by atoms with Crippen LogP contribution in [-0.2, 0) is 19.6 Å². The molecule has 0 spiro atoms. The third kappa shape index (κ3) is 4.05. The van der Waals surface area contributed by atoms with Gasteiger partial charge in [-0.2, -0.15) is 4.31 Å². The second-order valence-electron chi connectivity index (χ2n) is 6.11. The highest BCUT2D eigenvalue weighted by atomic mass is 32.2. The van der Waals surface area contributed by atoms with Gasteiger partial charge in [0.15, 0.2) is 0 Å². The van der Waals surface area contributed by atoms with E-state index in [-0.39, 0.29) is 29.4 Å². The number of methoxy groups -OCH3 is 1. The van der Waals surface area contributed by atoms with Crippen molar-refractivity contribution in [2.24, 2.45) is 0 Å². The van der Waals surface area contributed by atoms with E-state index in [1.165, 1.54) is 11.4 Å². The summed E-state index contributed by atoms with van der Waals surface area (Å²) in [5, 5.41) is 0. The van der Waals surface area contributed by atoms with Gasteiger partial charge >= 0.3 is 5.97 Å². The van der Waals surface area contributed by atoms with Crippen molar-refractivity contribution in [2.45, 2.75) is 56.5 Å². The molecule has 6 heteroatoms. The molecule has 24 heavy (non-hydrogen) atoms. The van der Waals surface area contributed by atoms with Gasteiger partial charge in [-0.15, -0.1) is 0 Å². The summed E-state index contributed by atoms with van der Waals surface area (Å²) >= 11 is 0. The first-order valence-electron chi connectivity index (χ1n) is 8.20. The van der Waals surface area contributed by atoms with E-state index < -0.39 is 10.0 Å². The predicted octanol–water partition coefficient (Wildman–Crippen LogP) is 3.05. The van der Waals surface area contributed by atoms with Crippen LogP contribution in [0.2, 0.25) is 0 Å². The van der Waals surface area contributed by atoms with Crippen LogP contribution in [-0.4, -0.2) is 37.9 Å². The zero-order valence-electron chi connectivity index (χ0n) is 14.4. The second-order valence-corrected chi connectivity index (χ2v) is 7.95. The molecule has 0 amide bonds. The van der Waals surface area contributed by atoms with Crippen LogP contribution >= 0.6 is 0 Å². The Kier molecular flexibility index (Phi) is 6.18. The number of piperidine rings is 1. The third-order valence-electron chi connectivity index (χ3n) is 4.36. The van der Waals surface area contributed by atoms with E-state index in [1.54, 1.807) is 24.3 Å². The van der Waals surface area contributed by atoms with Crippen LogP contribution in [0.25, 0.3) is 0 Å². The zero-order chi connectivity index (χ0) is 17.7. The molecule has 0 unspecified atom stereocenters. The quantitative estimate of drug-likeness (QED) is 0.604. The maximum atomic E-state index is 13.2. The summed E-state index contributed by atoms with van der Waals surface area (Å²) in [6.45, 7) is 3.79. The molecule has 1 aliphatic rings. The van der Waals surface area contributed by atoms with Crippen molar-refractivity contribution >= 4 is 16.0 Å². The van der Waals surface area contributed by atoms with Gasteiger partial charge in [0, 0.05) is 12.1 Å². The van der Waals surface area contributed by atoms with Gasteiger partial charge in [0.25, 0.3) is 0 Å². The summed E-state index contributed by atoms with van der Waals surface area (Å²) in [5.41, 5.74) is 1.00. The van der Waals surface area contributed by atoms with Crippen molar-refractivity contribution in [3.8, 4) is 0 Å². The minimum atomic E-state index is -3.68. The van der Waals surface area contributed by atoms with Crippen LogP contribution in [0.3, 0.4) is 0 Å². The molecule has 0 aliphatic carbocycles. The number of carbonyl (C=O) groups is 1. The number of ether oxygens (including phenoxy) is 1. The summed E-state index contributed by atoms with van der Waals surface area (Å²) in [5.74, 6) is -0.384. The first kappa shape index (κ1) is 18.7. The van der Waals surface area contributed by atoms with E-state index >= 15 is 0 Å². The Morgan fingerprint density at radius 3 is 2.54 bits per heavy atom. The van der Waals surface area contributed by atoms with Crippen molar-refractivity contribution < 1.29 is 17.9 Å². The van der Waals surface area contributed by atoms with Gasteiger partial charge in [0.2, 0.25) is 10.0 Å². The van der Waals surface area contributed by atoms with Crippen molar-refractivity contribution in [1.82, 2.24) is 4.31 Å². The Hall–Kier alpha value is -1.66. The molecule has 0 bridgehead atoms. The fourth-order valence-electron chi connectivity index (χ4n) is 3.17. The number of aryl methyl sites for hydroxylation is 1. The highest BCUT2D eigenvalue weighted by molar-refractivity contribution is 7.89. The lowest BCUT2D eigenvalue weighted by Crippen LogP contribution is -2.50. The fraction of sp³-hybridized carbons (Fsp3) is 0.500. The second kappa shape index (κ2) is 7.94. The molecule has 5 nitrogen and oxygen atoms in total. The number of sulfonamides is 1. The lowest BCUT2D eigenvalue weighted by atomic mass is 9.96. The van der Waals surface area contributed by atoms with E-state index in [9.17, 15) is 13.2 Å². The molecule has 1 heterocycles. The van der Waals surface area contributed by atoms with Crippen LogP contribution < -0.4 is 0 Å². The maximum absolute atomic E-state index is 13.2. The number of hydrogen-bond acceptors (Lipinski definition) is 4. The highest BCUT2D eigenvalue weighted by Crippen LogP contribution is 2.32. The van der Waals surface area contributed by atoms with Gasteiger partial charge in [0.1, 0.15) is 0 Å². The van der Waals surface area contributed by atoms with E-state index in [0.717, 1.165) is 18.4 Å². The normalized spacial score (nSPS) is 22.6. The Balaban J connectivity index is 2.43. The molecule has 1 fully saturated rings.